The van der Waals surface area contributed by atoms with Crippen LogP contribution in [0.15, 0.2) is 30.3 Å². The number of hydrogen-bond acceptors (Lipinski definition) is 4. The molecule has 0 radical (unpaired) electrons. The Kier molecular flexibility index (Phi) is 4.76. The van der Waals surface area contributed by atoms with E-state index in [1.807, 2.05) is 30.0 Å². The van der Waals surface area contributed by atoms with E-state index in [4.69, 9.17) is 9.47 Å². The third-order valence-electron chi connectivity index (χ3n) is 4.45. The van der Waals surface area contributed by atoms with Crippen LogP contribution in [0, 0.1) is 0 Å². The highest BCUT2D eigenvalue weighted by molar-refractivity contribution is 5.82. The number of rotatable bonds is 2. The normalized spacial score (nSPS) is 32.7. The molecule has 2 fully saturated rings. The second-order valence-corrected chi connectivity index (χ2v) is 6.06. The predicted molar refractivity (Wildman–Crippen MR) is 83.5 cm³/mol. The fraction of sp³-hybridized carbons (Fsp3) is 0.588. The van der Waals surface area contributed by atoms with Crippen LogP contribution in [0.3, 0.4) is 0 Å². The first-order chi connectivity index (χ1) is 10.7. The van der Waals surface area contributed by atoms with Crippen LogP contribution < -0.4 is 5.32 Å². The van der Waals surface area contributed by atoms with E-state index in [9.17, 15) is 4.79 Å². The maximum atomic E-state index is 12.9. The lowest BCUT2D eigenvalue weighted by Crippen LogP contribution is -2.59. The van der Waals surface area contributed by atoms with Gasteiger partial charge in [0.15, 0.2) is 0 Å². The number of carbonyl (C=O) groups excluding carboxylic acids is 1. The molecule has 0 spiro atoms. The fourth-order valence-corrected chi connectivity index (χ4v) is 3.34. The Labute approximate surface area is 131 Å². The molecule has 22 heavy (non-hydrogen) atoms. The van der Waals surface area contributed by atoms with Crippen molar-refractivity contribution in [2.75, 3.05) is 26.3 Å². The summed E-state index contributed by atoms with van der Waals surface area (Å²) in [6.07, 6.45) is -0.467. The van der Waals surface area contributed by atoms with Gasteiger partial charge >= 0.3 is 0 Å². The standard InChI is InChI=1S/C17H24N2O3/c1-12-11-22-16(14-6-4-3-5-7-14)13(2)19(12)17(20)15-10-18-8-9-21-15/h3-7,12-13,15-16,18H,8-11H2,1-2H3/t12-,13+,15+,16+/m1/s1. The van der Waals surface area contributed by atoms with Gasteiger partial charge in [0.1, 0.15) is 12.2 Å². The SMILES string of the molecule is C[C@@H]1CO[C@H](c2ccccc2)[C@H](C)N1C(=O)[C@@H]1CNCCO1. The number of nitrogens with zero attached hydrogens (tertiary/aromatic N) is 1. The van der Waals surface area contributed by atoms with E-state index in [0.717, 1.165) is 12.1 Å². The van der Waals surface area contributed by atoms with E-state index >= 15 is 0 Å². The number of ether oxygens (including phenoxy) is 2. The summed E-state index contributed by atoms with van der Waals surface area (Å²) in [4.78, 5) is 14.8. The van der Waals surface area contributed by atoms with Gasteiger partial charge in [-0.15, -0.1) is 0 Å². The molecule has 5 heteroatoms. The predicted octanol–water partition coefficient (Wildman–Crippen LogP) is 1.35. The monoisotopic (exact) mass is 304 g/mol. The lowest BCUT2D eigenvalue weighted by atomic mass is 9.98. The van der Waals surface area contributed by atoms with Crippen molar-refractivity contribution in [2.45, 2.75) is 38.1 Å². The van der Waals surface area contributed by atoms with Gasteiger partial charge < -0.3 is 19.7 Å². The van der Waals surface area contributed by atoms with Crippen LogP contribution >= 0.6 is 0 Å². The summed E-state index contributed by atoms with van der Waals surface area (Å²) in [6.45, 7) is 6.63. The number of carbonyl (C=O) groups is 1. The molecule has 1 aromatic carbocycles. The smallest absolute Gasteiger partial charge is 0.253 e. The molecule has 1 N–H and O–H groups in total. The molecule has 0 aliphatic carbocycles. The Morgan fingerprint density at radius 1 is 1.23 bits per heavy atom. The average Bonchev–Trinajstić information content (AvgIpc) is 2.56. The van der Waals surface area contributed by atoms with Crippen LogP contribution in [0.1, 0.15) is 25.5 Å². The van der Waals surface area contributed by atoms with Gasteiger partial charge in [-0.05, 0) is 19.4 Å². The molecule has 1 aromatic rings. The van der Waals surface area contributed by atoms with Crippen molar-refractivity contribution in [3.05, 3.63) is 35.9 Å². The van der Waals surface area contributed by atoms with Gasteiger partial charge in [-0.2, -0.15) is 0 Å². The van der Waals surface area contributed by atoms with Gasteiger partial charge in [-0.3, -0.25) is 4.79 Å². The van der Waals surface area contributed by atoms with Crippen LogP contribution in [0.2, 0.25) is 0 Å². The van der Waals surface area contributed by atoms with Crippen molar-refractivity contribution in [1.29, 1.82) is 0 Å². The summed E-state index contributed by atoms with van der Waals surface area (Å²) in [7, 11) is 0. The van der Waals surface area contributed by atoms with Crippen LogP contribution in [-0.2, 0) is 14.3 Å². The average molecular weight is 304 g/mol. The summed E-state index contributed by atoms with van der Waals surface area (Å²) < 4.78 is 11.6. The molecule has 3 rings (SSSR count). The zero-order valence-corrected chi connectivity index (χ0v) is 13.2. The summed E-state index contributed by atoms with van der Waals surface area (Å²) in [5, 5.41) is 3.22. The van der Waals surface area contributed by atoms with Crippen molar-refractivity contribution in [2.24, 2.45) is 0 Å². The number of amides is 1. The zero-order chi connectivity index (χ0) is 15.5. The maximum Gasteiger partial charge on any atom is 0.253 e. The number of hydrogen-bond donors (Lipinski definition) is 1. The lowest BCUT2D eigenvalue weighted by Gasteiger charge is -2.45. The van der Waals surface area contributed by atoms with Crippen LogP contribution in [0.5, 0.6) is 0 Å². The first-order valence-electron chi connectivity index (χ1n) is 7.99. The van der Waals surface area contributed by atoms with Crippen LogP contribution in [0.25, 0.3) is 0 Å². The molecule has 2 aliphatic rings. The minimum atomic E-state index is -0.381. The van der Waals surface area contributed by atoms with Gasteiger partial charge in [0, 0.05) is 13.1 Å². The first-order valence-corrected chi connectivity index (χ1v) is 7.99. The summed E-state index contributed by atoms with van der Waals surface area (Å²) >= 11 is 0. The third-order valence-corrected chi connectivity index (χ3v) is 4.45. The number of benzene rings is 1. The van der Waals surface area contributed by atoms with Gasteiger partial charge in [0.25, 0.3) is 5.91 Å². The van der Waals surface area contributed by atoms with Gasteiger partial charge in [-0.1, -0.05) is 30.3 Å². The van der Waals surface area contributed by atoms with Gasteiger partial charge in [0.05, 0.1) is 25.3 Å². The topological polar surface area (TPSA) is 50.8 Å². The molecular formula is C17H24N2O3. The Balaban J connectivity index is 1.78. The number of nitrogens with one attached hydrogen (secondary N) is 1. The molecule has 120 valence electrons. The van der Waals surface area contributed by atoms with Crippen molar-refractivity contribution in [3.8, 4) is 0 Å². The molecule has 1 amide bonds. The molecule has 0 aromatic heterocycles. The molecule has 0 saturated carbocycles. The van der Waals surface area contributed by atoms with Crippen LogP contribution in [0.4, 0.5) is 0 Å². The first kappa shape index (κ1) is 15.5. The molecular weight excluding hydrogens is 280 g/mol. The van der Waals surface area contributed by atoms with Crippen molar-refractivity contribution < 1.29 is 14.3 Å². The summed E-state index contributed by atoms with van der Waals surface area (Å²) in [6, 6.07) is 10.2. The van der Waals surface area contributed by atoms with Gasteiger partial charge in [-0.25, -0.2) is 0 Å². The maximum absolute atomic E-state index is 12.9. The number of morpholine rings is 2. The Morgan fingerprint density at radius 2 is 2.00 bits per heavy atom. The van der Waals surface area contributed by atoms with E-state index in [1.165, 1.54) is 0 Å². The van der Waals surface area contributed by atoms with Crippen molar-refractivity contribution in [3.63, 3.8) is 0 Å². The van der Waals surface area contributed by atoms with E-state index in [-0.39, 0.29) is 30.2 Å². The minimum absolute atomic E-state index is 0.0100. The third kappa shape index (κ3) is 3.02. The molecule has 2 saturated heterocycles. The second kappa shape index (κ2) is 6.77. The van der Waals surface area contributed by atoms with E-state index < -0.39 is 0 Å². The van der Waals surface area contributed by atoms with E-state index in [1.54, 1.807) is 0 Å². The molecule has 5 nitrogen and oxygen atoms in total. The van der Waals surface area contributed by atoms with E-state index in [0.29, 0.717) is 19.8 Å². The zero-order valence-electron chi connectivity index (χ0n) is 13.2. The van der Waals surface area contributed by atoms with Gasteiger partial charge in [0.2, 0.25) is 0 Å². The second-order valence-electron chi connectivity index (χ2n) is 6.06. The molecule has 2 heterocycles. The summed E-state index contributed by atoms with van der Waals surface area (Å²) in [5.74, 6) is 0.0661. The van der Waals surface area contributed by atoms with Crippen molar-refractivity contribution in [1.82, 2.24) is 10.2 Å². The highest BCUT2D eigenvalue weighted by atomic mass is 16.5. The Bertz CT molecular complexity index is 502. The van der Waals surface area contributed by atoms with Crippen LogP contribution in [-0.4, -0.2) is 55.3 Å². The minimum Gasteiger partial charge on any atom is -0.369 e. The lowest BCUT2D eigenvalue weighted by molar-refractivity contribution is -0.166. The largest absolute Gasteiger partial charge is 0.369 e. The molecule has 0 bridgehead atoms. The molecule has 2 aliphatic heterocycles. The summed E-state index contributed by atoms with van der Waals surface area (Å²) in [5.41, 5.74) is 1.11. The molecule has 4 atom stereocenters. The molecule has 0 unspecified atom stereocenters. The Hall–Kier alpha value is -1.43. The highest BCUT2D eigenvalue weighted by Crippen LogP contribution is 2.31. The van der Waals surface area contributed by atoms with Crippen molar-refractivity contribution >= 4 is 5.91 Å². The fourth-order valence-electron chi connectivity index (χ4n) is 3.34. The van der Waals surface area contributed by atoms with E-state index in [2.05, 4.69) is 24.4 Å². The quantitative estimate of drug-likeness (QED) is 0.896. The highest BCUT2D eigenvalue weighted by Gasteiger charge is 2.40. The Morgan fingerprint density at radius 3 is 2.68 bits per heavy atom.